The lowest BCUT2D eigenvalue weighted by atomic mass is 10.1. The molecule has 0 aliphatic carbocycles. The normalized spacial score (nSPS) is 16.1. The van der Waals surface area contributed by atoms with Gasteiger partial charge in [-0.1, -0.05) is 18.6 Å². The van der Waals surface area contributed by atoms with Crippen LogP contribution in [0.25, 0.3) is 0 Å². The molecule has 2 N–H and O–H groups in total. The van der Waals surface area contributed by atoms with Crippen LogP contribution in [0.5, 0.6) is 0 Å². The molecule has 2 heterocycles. The number of piperidine rings is 1. The Labute approximate surface area is 132 Å². The number of rotatable bonds is 8. The third-order valence-electron chi connectivity index (χ3n) is 4.10. The highest BCUT2D eigenvalue weighted by atomic mass is 16.2. The van der Waals surface area contributed by atoms with Crippen molar-refractivity contribution in [3.63, 3.8) is 0 Å². The summed E-state index contributed by atoms with van der Waals surface area (Å²) in [6, 6.07) is 0.357. The summed E-state index contributed by atoms with van der Waals surface area (Å²) in [5.74, 6) is -0.135. The number of carbonyl (C=O) groups is 1. The van der Waals surface area contributed by atoms with E-state index in [1.807, 2.05) is 4.68 Å². The van der Waals surface area contributed by atoms with Crippen LogP contribution in [0.1, 0.15) is 49.1 Å². The molecule has 0 bridgehead atoms. The molecule has 0 unspecified atom stereocenters. The number of aromatic nitrogens is 3. The molecular weight excluding hydrogens is 280 g/mol. The Morgan fingerprint density at radius 2 is 2.23 bits per heavy atom. The van der Waals surface area contributed by atoms with Gasteiger partial charge in [-0.05, 0) is 45.9 Å². The summed E-state index contributed by atoms with van der Waals surface area (Å²) in [7, 11) is 2.08. The summed E-state index contributed by atoms with van der Waals surface area (Å²) in [5, 5.41) is 14.4. The Kier molecular flexibility index (Phi) is 6.79. The van der Waals surface area contributed by atoms with E-state index in [9.17, 15) is 4.79 Å². The van der Waals surface area contributed by atoms with Crippen molar-refractivity contribution < 1.29 is 4.79 Å². The first kappa shape index (κ1) is 16.9. The van der Waals surface area contributed by atoms with Crippen molar-refractivity contribution >= 4 is 5.91 Å². The molecule has 1 amide bonds. The molecule has 1 fully saturated rings. The van der Waals surface area contributed by atoms with Crippen LogP contribution in [0.15, 0.2) is 6.20 Å². The predicted molar refractivity (Wildman–Crippen MR) is 85.9 cm³/mol. The summed E-state index contributed by atoms with van der Waals surface area (Å²) >= 11 is 0. The second kappa shape index (κ2) is 8.85. The number of hydrogen-bond acceptors (Lipinski definition) is 5. The largest absolute Gasteiger partial charge is 0.349 e. The number of hydrogen-bond donors (Lipinski definition) is 2. The van der Waals surface area contributed by atoms with Crippen LogP contribution in [0.4, 0.5) is 0 Å². The van der Waals surface area contributed by atoms with Crippen LogP contribution in [0.2, 0.25) is 0 Å². The Balaban J connectivity index is 1.74. The molecular formula is C15H28N6O. The molecule has 0 saturated carbocycles. The molecule has 0 radical (unpaired) electrons. The second-order valence-electron chi connectivity index (χ2n) is 5.98. The lowest BCUT2D eigenvalue weighted by Crippen LogP contribution is -2.33. The maximum atomic E-state index is 12.1. The van der Waals surface area contributed by atoms with Crippen LogP contribution >= 0.6 is 0 Å². The minimum Gasteiger partial charge on any atom is -0.349 e. The smallest absolute Gasteiger partial charge is 0.273 e. The standard InChI is InChI=1S/C15H28N6O/c1-3-4-10-20(2)11-9-17-15(22)14-12-21(19-18-14)13-5-7-16-8-6-13/h12-13,16H,3-11H2,1-2H3,(H,17,22). The Hall–Kier alpha value is -1.47. The minimum atomic E-state index is -0.135. The van der Waals surface area contributed by atoms with Gasteiger partial charge in [-0.2, -0.15) is 0 Å². The zero-order valence-corrected chi connectivity index (χ0v) is 13.7. The molecule has 2 rings (SSSR count). The van der Waals surface area contributed by atoms with Gasteiger partial charge in [-0.3, -0.25) is 4.79 Å². The van der Waals surface area contributed by atoms with Gasteiger partial charge in [-0.15, -0.1) is 5.10 Å². The van der Waals surface area contributed by atoms with E-state index in [1.54, 1.807) is 6.20 Å². The molecule has 1 aliphatic rings. The van der Waals surface area contributed by atoms with Gasteiger partial charge in [0, 0.05) is 13.1 Å². The van der Waals surface area contributed by atoms with Gasteiger partial charge >= 0.3 is 0 Å². The lowest BCUT2D eigenvalue weighted by Gasteiger charge is -2.22. The van der Waals surface area contributed by atoms with Crippen molar-refractivity contribution in [1.29, 1.82) is 0 Å². The molecule has 22 heavy (non-hydrogen) atoms. The SMILES string of the molecule is CCCCN(C)CCNC(=O)c1cn(C2CCNCC2)nn1. The Morgan fingerprint density at radius 1 is 1.45 bits per heavy atom. The van der Waals surface area contributed by atoms with Gasteiger partial charge in [0.2, 0.25) is 0 Å². The zero-order valence-electron chi connectivity index (χ0n) is 13.7. The van der Waals surface area contributed by atoms with E-state index >= 15 is 0 Å². The van der Waals surface area contributed by atoms with Gasteiger partial charge in [0.1, 0.15) is 0 Å². The van der Waals surface area contributed by atoms with E-state index in [0.717, 1.165) is 39.0 Å². The summed E-state index contributed by atoms with van der Waals surface area (Å²) in [4.78, 5) is 14.3. The lowest BCUT2D eigenvalue weighted by molar-refractivity contribution is 0.0944. The Morgan fingerprint density at radius 3 is 2.95 bits per heavy atom. The third-order valence-corrected chi connectivity index (χ3v) is 4.10. The van der Waals surface area contributed by atoms with E-state index in [2.05, 4.69) is 39.8 Å². The van der Waals surface area contributed by atoms with E-state index in [0.29, 0.717) is 18.3 Å². The van der Waals surface area contributed by atoms with Gasteiger partial charge in [0.05, 0.1) is 12.2 Å². The van der Waals surface area contributed by atoms with Crippen LogP contribution in [-0.2, 0) is 0 Å². The molecule has 7 heteroatoms. The average Bonchev–Trinajstić information content (AvgIpc) is 3.04. The number of nitrogens with zero attached hydrogens (tertiary/aromatic N) is 4. The van der Waals surface area contributed by atoms with Crippen molar-refractivity contribution in [1.82, 2.24) is 30.5 Å². The molecule has 0 spiro atoms. The highest BCUT2D eigenvalue weighted by molar-refractivity contribution is 5.91. The molecule has 124 valence electrons. The highest BCUT2D eigenvalue weighted by Gasteiger charge is 2.18. The first-order valence-electron chi connectivity index (χ1n) is 8.30. The van der Waals surface area contributed by atoms with E-state index in [1.165, 1.54) is 12.8 Å². The second-order valence-corrected chi connectivity index (χ2v) is 5.98. The maximum absolute atomic E-state index is 12.1. The predicted octanol–water partition coefficient (Wildman–Crippen LogP) is 0.664. The molecule has 1 aromatic heterocycles. The van der Waals surface area contributed by atoms with Crippen LogP contribution in [0, 0.1) is 0 Å². The fourth-order valence-electron chi connectivity index (χ4n) is 2.62. The summed E-state index contributed by atoms with van der Waals surface area (Å²) < 4.78 is 1.84. The maximum Gasteiger partial charge on any atom is 0.273 e. The van der Waals surface area contributed by atoms with Gasteiger partial charge < -0.3 is 15.5 Å². The van der Waals surface area contributed by atoms with Crippen LogP contribution < -0.4 is 10.6 Å². The summed E-state index contributed by atoms with van der Waals surface area (Å²) in [5.41, 5.74) is 0.412. The molecule has 0 atom stereocenters. The van der Waals surface area contributed by atoms with E-state index < -0.39 is 0 Å². The third kappa shape index (κ3) is 5.06. The monoisotopic (exact) mass is 308 g/mol. The fraction of sp³-hybridized carbons (Fsp3) is 0.800. The van der Waals surface area contributed by atoms with Crippen LogP contribution in [0.3, 0.4) is 0 Å². The summed E-state index contributed by atoms with van der Waals surface area (Å²) in [6.45, 7) is 6.74. The van der Waals surface area contributed by atoms with Gasteiger partial charge in [0.15, 0.2) is 5.69 Å². The van der Waals surface area contributed by atoms with Crippen molar-refractivity contribution in [2.24, 2.45) is 0 Å². The first-order valence-corrected chi connectivity index (χ1v) is 8.30. The molecule has 0 aromatic carbocycles. The summed E-state index contributed by atoms with van der Waals surface area (Å²) in [6.07, 6.45) is 6.22. The van der Waals surface area contributed by atoms with Crippen molar-refractivity contribution in [2.45, 2.75) is 38.6 Å². The van der Waals surface area contributed by atoms with Gasteiger partial charge in [0.25, 0.3) is 5.91 Å². The molecule has 1 aromatic rings. The number of carbonyl (C=O) groups excluding carboxylic acids is 1. The number of likely N-dealkylation sites (N-methyl/N-ethyl adjacent to an activating group) is 1. The van der Waals surface area contributed by atoms with Crippen molar-refractivity contribution in [3.05, 3.63) is 11.9 Å². The first-order chi connectivity index (χ1) is 10.7. The minimum absolute atomic E-state index is 0.135. The van der Waals surface area contributed by atoms with E-state index in [-0.39, 0.29) is 5.91 Å². The number of amides is 1. The molecule has 1 aliphatic heterocycles. The number of unbranched alkanes of at least 4 members (excludes halogenated alkanes) is 1. The zero-order chi connectivity index (χ0) is 15.8. The molecule has 7 nitrogen and oxygen atoms in total. The fourth-order valence-corrected chi connectivity index (χ4v) is 2.62. The van der Waals surface area contributed by atoms with Crippen molar-refractivity contribution in [3.8, 4) is 0 Å². The van der Waals surface area contributed by atoms with Gasteiger partial charge in [-0.25, -0.2) is 4.68 Å². The average molecular weight is 308 g/mol. The topological polar surface area (TPSA) is 75.1 Å². The quantitative estimate of drug-likeness (QED) is 0.738. The highest BCUT2D eigenvalue weighted by Crippen LogP contribution is 2.16. The van der Waals surface area contributed by atoms with Crippen molar-refractivity contribution in [2.75, 3.05) is 39.8 Å². The van der Waals surface area contributed by atoms with Crippen LogP contribution in [-0.4, -0.2) is 65.6 Å². The molecule has 1 saturated heterocycles. The number of nitrogens with one attached hydrogen (secondary N) is 2. The van der Waals surface area contributed by atoms with E-state index in [4.69, 9.17) is 0 Å². The Bertz CT molecular complexity index is 455.